The van der Waals surface area contributed by atoms with Gasteiger partial charge in [-0.3, -0.25) is 4.79 Å². The Hall–Kier alpha value is -1.51. The van der Waals surface area contributed by atoms with Gasteiger partial charge in [0.25, 0.3) is 5.91 Å². The Morgan fingerprint density at radius 2 is 2.04 bits per heavy atom. The van der Waals surface area contributed by atoms with E-state index in [9.17, 15) is 4.79 Å². The highest BCUT2D eigenvalue weighted by Gasteiger charge is 2.61. The molecule has 23 heavy (non-hydrogen) atoms. The summed E-state index contributed by atoms with van der Waals surface area (Å²) in [5.41, 5.74) is 2.75. The molecule has 126 valence electrons. The molecule has 0 aliphatic heterocycles. The predicted molar refractivity (Wildman–Crippen MR) is 92.6 cm³/mol. The molecule has 2 saturated carbocycles. The van der Waals surface area contributed by atoms with Gasteiger partial charge in [-0.2, -0.15) is 0 Å². The lowest BCUT2D eigenvalue weighted by atomic mass is 9.69. The fourth-order valence-electron chi connectivity index (χ4n) is 4.66. The van der Waals surface area contributed by atoms with Crippen LogP contribution in [0.5, 0.6) is 5.75 Å². The zero-order valence-corrected chi connectivity index (χ0v) is 15.0. The van der Waals surface area contributed by atoms with Crippen LogP contribution in [0.2, 0.25) is 0 Å². The maximum absolute atomic E-state index is 12.4. The molecule has 0 aromatic heterocycles. The summed E-state index contributed by atoms with van der Waals surface area (Å²) < 4.78 is 5.74. The van der Waals surface area contributed by atoms with Gasteiger partial charge >= 0.3 is 0 Å². The molecular weight excluding hydrogens is 286 g/mol. The molecule has 0 spiro atoms. The quantitative estimate of drug-likeness (QED) is 0.911. The van der Waals surface area contributed by atoms with Crippen LogP contribution in [0, 0.1) is 30.6 Å². The fraction of sp³-hybridized carbons (Fsp3) is 0.650. The third-order valence-corrected chi connectivity index (χ3v) is 6.83. The molecule has 0 saturated heterocycles. The summed E-state index contributed by atoms with van der Waals surface area (Å²) in [7, 11) is 0. The molecule has 2 fully saturated rings. The summed E-state index contributed by atoms with van der Waals surface area (Å²) in [6, 6.07) is 6.36. The zero-order chi connectivity index (χ0) is 16.8. The minimum Gasteiger partial charge on any atom is -0.483 e. The van der Waals surface area contributed by atoms with Crippen molar-refractivity contribution in [3.05, 3.63) is 29.3 Å². The largest absolute Gasteiger partial charge is 0.483 e. The Balaban J connectivity index is 1.60. The predicted octanol–water partition coefficient (Wildman–Crippen LogP) is 4.01. The van der Waals surface area contributed by atoms with Crippen molar-refractivity contribution in [2.75, 3.05) is 6.61 Å². The van der Waals surface area contributed by atoms with Crippen molar-refractivity contribution in [2.45, 2.75) is 59.9 Å². The van der Waals surface area contributed by atoms with E-state index in [2.05, 4.69) is 32.2 Å². The molecule has 0 unspecified atom stereocenters. The molecule has 3 atom stereocenters. The van der Waals surface area contributed by atoms with Crippen LogP contribution >= 0.6 is 0 Å². The number of aryl methyl sites for hydroxylation is 2. The van der Waals surface area contributed by atoms with Gasteiger partial charge in [0.05, 0.1) is 0 Å². The van der Waals surface area contributed by atoms with Crippen LogP contribution in [0.25, 0.3) is 0 Å². The van der Waals surface area contributed by atoms with Crippen LogP contribution in [0.15, 0.2) is 18.2 Å². The molecule has 2 aliphatic carbocycles. The van der Waals surface area contributed by atoms with Gasteiger partial charge in [0, 0.05) is 6.04 Å². The first-order valence-corrected chi connectivity index (χ1v) is 8.73. The van der Waals surface area contributed by atoms with Crippen LogP contribution in [-0.4, -0.2) is 18.6 Å². The second-order valence-corrected chi connectivity index (χ2v) is 8.29. The van der Waals surface area contributed by atoms with Gasteiger partial charge < -0.3 is 10.1 Å². The van der Waals surface area contributed by atoms with Gasteiger partial charge in [-0.25, -0.2) is 0 Å². The molecule has 1 amide bonds. The molecule has 3 heteroatoms. The van der Waals surface area contributed by atoms with Crippen molar-refractivity contribution in [1.29, 1.82) is 0 Å². The molecule has 3 nitrogen and oxygen atoms in total. The topological polar surface area (TPSA) is 38.3 Å². The summed E-state index contributed by atoms with van der Waals surface area (Å²) in [5, 5.41) is 3.25. The summed E-state index contributed by atoms with van der Waals surface area (Å²) in [5.74, 6) is 1.54. The van der Waals surface area contributed by atoms with Crippen LogP contribution in [-0.2, 0) is 4.79 Å². The fourth-order valence-corrected chi connectivity index (χ4v) is 4.66. The van der Waals surface area contributed by atoms with Crippen LogP contribution in [0.1, 0.15) is 51.2 Å². The Morgan fingerprint density at radius 3 is 2.65 bits per heavy atom. The first kappa shape index (κ1) is 16.4. The zero-order valence-electron chi connectivity index (χ0n) is 15.0. The van der Waals surface area contributed by atoms with Gasteiger partial charge in [0.1, 0.15) is 5.75 Å². The normalized spacial score (nSPS) is 31.2. The van der Waals surface area contributed by atoms with Gasteiger partial charge in [-0.15, -0.1) is 0 Å². The summed E-state index contributed by atoms with van der Waals surface area (Å²) in [6.45, 7) is 11.2. The average molecular weight is 315 g/mol. The number of fused-ring (bicyclic) bond motifs is 2. The van der Waals surface area contributed by atoms with Gasteiger partial charge in [-0.05, 0) is 67.1 Å². The lowest BCUT2D eigenvalue weighted by molar-refractivity contribution is -0.124. The van der Waals surface area contributed by atoms with Crippen LogP contribution in [0.3, 0.4) is 0 Å². The number of rotatable bonds is 4. The molecule has 0 radical (unpaired) electrons. The average Bonchev–Trinajstić information content (AvgIpc) is 2.81. The van der Waals surface area contributed by atoms with E-state index >= 15 is 0 Å². The number of carbonyl (C=O) groups is 1. The number of benzene rings is 1. The number of hydrogen-bond acceptors (Lipinski definition) is 2. The first-order valence-electron chi connectivity index (χ1n) is 8.73. The number of carbonyl (C=O) groups excluding carboxylic acids is 1. The van der Waals surface area contributed by atoms with E-state index in [0.717, 1.165) is 29.2 Å². The van der Waals surface area contributed by atoms with E-state index in [1.54, 1.807) is 0 Å². The number of hydrogen-bond donors (Lipinski definition) is 1. The Labute approximate surface area is 139 Å². The minimum absolute atomic E-state index is 0.000445. The standard InChI is InChI=1S/C20H29NO2/c1-13-6-7-14(2)16(10-13)23-12-18(22)21-17-11-15-8-9-20(17,5)19(15,3)4/h6-7,10,15,17H,8-9,11-12H2,1-5H3,(H,21,22)/t15-,17-,20-/m1/s1. The van der Waals surface area contributed by atoms with Crippen molar-refractivity contribution in [3.8, 4) is 5.75 Å². The van der Waals surface area contributed by atoms with Crippen molar-refractivity contribution in [3.63, 3.8) is 0 Å². The van der Waals surface area contributed by atoms with Gasteiger partial charge in [0.2, 0.25) is 0 Å². The second-order valence-electron chi connectivity index (χ2n) is 8.29. The number of nitrogens with one attached hydrogen (secondary N) is 1. The monoisotopic (exact) mass is 315 g/mol. The number of ether oxygens (including phenoxy) is 1. The molecule has 1 N–H and O–H groups in total. The third kappa shape index (κ3) is 2.64. The van der Waals surface area contributed by atoms with E-state index < -0.39 is 0 Å². The molecule has 2 aliphatic rings. The summed E-state index contributed by atoms with van der Waals surface area (Å²) >= 11 is 0. The Bertz CT molecular complexity index is 622. The molecule has 0 heterocycles. The molecule has 1 aromatic rings. The first-order chi connectivity index (χ1) is 10.7. The van der Waals surface area contributed by atoms with E-state index in [1.807, 2.05) is 26.0 Å². The lowest BCUT2D eigenvalue weighted by Crippen LogP contribution is -2.48. The van der Waals surface area contributed by atoms with Crippen LogP contribution in [0.4, 0.5) is 0 Å². The lowest BCUT2D eigenvalue weighted by Gasteiger charge is -2.39. The minimum atomic E-state index is 0.000445. The maximum Gasteiger partial charge on any atom is 0.258 e. The van der Waals surface area contributed by atoms with E-state index in [4.69, 9.17) is 4.74 Å². The van der Waals surface area contributed by atoms with Crippen LogP contribution < -0.4 is 10.1 Å². The smallest absolute Gasteiger partial charge is 0.258 e. The highest BCUT2D eigenvalue weighted by atomic mass is 16.5. The van der Waals surface area contributed by atoms with Crippen molar-refractivity contribution in [1.82, 2.24) is 5.32 Å². The molecule has 2 bridgehead atoms. The summed E-state index contributed by atoms with van der Waals surface area (Å²) in [6.07, 6.45) is 3.63. The number of amides is 1. The van der Waals surface area contributed by atoms with E-state index in [0.29, 0.717) is 5.41 Å². The highest BCUT2D eigenvalue weighted by Crippen LogP contribution is 2.65. The van der Waals surface area contributed by atoms with Gasteiger partial charge in [-0.1, -0.05) is 32.9 Å². The second kappa shape index (κ2) is 5.54. The third-order valence-electron chi connectivity index (χ3n) is 6.83. The van der Waals surface area contributed by atoms with Gasteiger partial charge in [0.15, 0.2) is 6.61 Å². The SMILES string of the molecule is Cc1ccc(C)c(OCC(=O)N[C@@H]2C[C@H]3CC[C@@]2(C)C3(C)C)c1. The van der Waals surface area contributed by atoms with E-state index in [-0.39, 0.29) is 24.0 Å². The summed E-state index contributed by atoms with van der Waals surface area (Å²) in [4.78, 5) is 12.4. The van der Waals surface area contributed by atoms with Crippen molar-refractivity contribution >= 4 is 5.91 Å². The molecule has 3 rings (SSSR count). The Kier molecular flexibility index (Phi) is 3.94. The Morgan fingerprint density at radius 1 is 1.30 bits per heavy atom. The van der Waals surface area contributed by atoms with Crippen molar-refractivity contribution in [2.24, 2.45) is 16.7 Å². The molecule has 1 aromatic carbocycles. The van der Waals surface area contributed by atoms with E-state index in [1.165, 1.54) is 12.8 Å². The maximum atomic E-state index is 12.4. The van der Waals surface area contributed by atoms with Crippen molar-refractivity contribution < 1.29 is 9.53 Å². The molecular formula is C20H29NO2. The highest BCUT2D eigenvalue weighted by molar-refractivity contribution is 5.78.